The van der Waals surface area contributed by atoms with E-state index in [9.17, 15) is 0 Å². The Morgan fingerprint density at radius 2 is 0.843 bits per heavy atom. The van der Waals surface area contributed by atoms with Gasteiger partial charge in [0.25, 0.3) is 0 Å². The highest BCUT2D eigenvalue weighted by atomic mass is 15.1. The molecule has 1 aliphatic carbocycles. The van der Waals surface area contributed by atoms with Crippen LogP contribution in [0.15, 0.2) is 194 Å². The van der Waals surface area contributed by atoms with Crippen LogP contribution in [0.3, 0.4) is 0 Å². The van der Waals surface area contributed by atoms with Gasteiger partial charge in [0.1, 0.15) is 0 Å². The minimum Gasteiger partial charge on any atom is -0.311 e. The minimum atomic E-state index is -0.351. The van der Waals surface area contributed by atoms with Crippen LogP contribution >= 0.6 is 0 Å². The lowest BCUT2D eigenvalue weighted by atomic mass is 9.32. The maximum Gasteiger partial charge on any atom is 0.243 e. The normalized spacial score (nSPS) is 13.6. The van der Waals surface area contributed by atoms with E-state index < -0.39 is 0 Å². The third-order valence-corrected chi connectivity index (χ3v) is 11.6. The average molecular weight is 646 g/mol. The van der Waals surface area contributed by atoms with Gasteiger partial charge in [-0.2, -0.15) is 0 Å². The lowest BCUT2D eigenvalue weighted by Gasteiger charge is -2.42. The van der Waals surface area contributed by atoms with Gasteiger partial charge in [-0.25, -0.2) is 0 Å². The Kier molecular flexibility index (Phi) is 6.03. The molecule has 0 fully saturated rings. The zero-order valence-electron chi connectivity index (χ0n) is 28.0. The maximum atomic E-state index is 2.47. The van der Waals surface area contributed by atoms with Crippen molar-refractivity contribution >= 4 is 40.2 Å². The summed E-state index contributed by atoms with van der Waals surface area (Å²) >= 11 is 0. The Labute approximate surface area is 299 Å². The summed E-state index contributed by atoms with van der Waals surface area (Å²) in [4.78, 5) is 2.32. The summed E-state index contributed by atoms with van der Waals surface area (Å²) in [7, 11) is 0. The van der Waals surface area contributed by atoms with Crippen molar-refractivity contribution in [1.29, 1.82) is 0 Å². The molecule has 8 aromatic carbocycles. The van der Waals surface area contributed by atoms with E-state index in [0.29, 0.717) is 0 Å². The Hall–Kier alpha value is -6.38. The van der Waals surface area contributed by atoms with E-state index in [2.05, 4.69) is 199 Å². The van der Waals surface area contributed by atoms with Crippen molar-refractivity contribution in [2.45, 2.75) is 5.41 Å². The highest BCUT2D eigenvalue weighted by Crippen LogP contribution is 2.57. The van der Waals surface area contributed by atoms with E-state index in [4.69, 9.17) is 0 Å². The zero-order chi connectivity index (χ0) is 33.5. The lowest BCUT2D eigenvalue weighted by molar-refractivity contribution is 0.775. The topological polar surface area (TPSA) is 3.24 Å². The van der Waals surface area contributed by atoms with Crippen LogP contribution in [-0.4, -0.2) is 6.71 Å². The molecular formula is C49H32BN. The van der Waals surface area contributed by atoms with Gasteiger partial charge in [0.2, 0.25) is 6.71 Å². The van der Waals surface area contributed by atoms with E-state index in [0.717, 1.165) is 17.1 Å². The number of hydrogen-bond donors (Lipinski definition) is 0. The van der Waals surface area contributed by atoms with Crippen molar-refractivity contribution in [1.82, 2.24) is 0 Å². The fraction of sp³-hybridized carbons (Fsp3) is 0.0204. The van der Waals surface area contributed by atoms with Crippen molar-refractivity contribution in [2.24, 2.45) is 0 Å². The summed E-state index contributed by atoms with van der Waals surface area (Å²) in [6.45, 7) is 0.179. The highest BCUT2D eigenvalue weighted by molar-refractivity contribution is 7.00. The first-order valence-electron chi connectivity index (χ1n) is 17.9. The molecule has 0 N–H and O–H groups in total. The van der Waals surface area contributed by atoms with Crippen LogP contribution in [0.2, 0.25) is 0 Å². The standard InChI is InChI=1S/C49H32BN/c1-3-14-35(15-4-1)51(36-16-5-2-6-17-36)37-29-26-33(27-30-37)34-28-31-40-41-20-13-24-45-48(41)50(47(40)32-34)46-25-12-11-23-44(46)49(45)42-21-9-7-18-38(42)39-19-8-10-22-43(39)49/h1-32H. The molecule has 3 aliphatic rings. The molecule has 2 aliphatic heterocycles. The third-order valence-electron chi connectivity index (χ3n) is 11.6. The second-order valence-corrected chi connectivity index (χ2v) is 14.0. The van der Waals surface area contributed by atoms with Crippen molar-refractivity contribution in [3.63, 3.8) is 0 Å². The fourth-order valence-corrected chi connectivity index (χ4v) is 9.60. The number of rotatable bonds is 4. The monoisotopic (exact) mass is 645 g/mol. The quantitative estimate of drug-likeness (QED) is 0.172. The molecular weight excluding hydrogens is 613 g/mol. The number of para-hydroxylation sites is 2. The molecule has 2 heterocycles. The first kappa shape index (κ1) is 28.5. The van der Waals surface area contributed by atoms with Crippen LogP contribution in [0, 0.1) is 0 Å². The van der Waals surface area contributed by atoms with Gasteiger partial charge in [-0.3, -0.25) is 0 Å². The van der Waals surface area contributed by atoms with Crippen molar-refractivity contribution < 1.29 is 0 Å². The van der Waals surface area contributed by atoms with Gasteiger partial charge in [-0.1, -0.05) is 174 Å². The van der Waals surface area contributed by atoms with E-state index in [1.165, 1.54) is 72.0 Å². The summed E-state index contributed by atoms with van der Waals surface area (Å²) in [5.74, 6) is 0. The average Bonchev–Trinajstić information content (AvgIpc) is 3.69. The van der Waals surface area contributed by atoms with E-state index in [1.54, 1.807) is 0 Å². The Bertz CT molecular complexity index is 2560. The van der Waals surface area contributed by atoms with Crippen LogP contribution < -0.4 is 21.3 Å². The molecule has 0 bridgehead atoms. The van der Waals surface area contributed by atoms with Crippen molar-refractivity contribution in [3.8, 4) is 33.4 Å². The summed E-state index contributed by atoms with van der Waals surface area (Å²) in [6.07, 6.45) is 0. The molecule has 0 saturated heterocycles. The van der Waals surface area contributed by atoms with E-state index in [1.807, 2.05) is 0 Å². The molecule has 1 spiro atoms. The molecule has 0 aromatic heterocycles. The number of fused-ring (bicyclic) bond motifs is 12. The summed E-state index contributed by atoms with van der Waals surface area (Å²) in [6, 6.07) is 71.9. The molecule has 11 rings (SSSR count). The molecule has 0 saturated carbocycles. The smallest absolute Gasteiger partial charge is 0.243 e. The molecule has 51 heavy (non-hydrogen) atoms. The summed E-state index contributed by atoms with van der Waals surface area (Å²) in [5, 5.41) is 0. The second-order valence-electron chi connectivity index (χ2n) is 14.0. The Balaban J connectivity index is 1.06. The zero-order valence-corrected chi connectivity index (χ0v) is 28.0. The molecule has 0 atom stereocenters. The maximum absolute atomic E-state index is 2.47. The Morgan fingerprint density at radius 3 is 1.51 bits per heavy atom. The first-order valence-corrected chi connectivity index (χ1v) is 17.9. The number of benzene rings is 8. The SMILES string of the molecule is c1ccc(N(c2ccccc2)c2ccc(-c3ccc4c(c3)B3c5ccccc5C5(c6ccccc6-c6ccccc65)c5cccc-4c53)cc2)cc1. The molecule has 0 amide bonds. The van der Waals surface area contributed by atoms with Crippen LogP contribution in [-0.2, 0) is 5.41 Å². The highest BCUT2D eigenvalue weighted by Gasteiger charge is 2.54. The number of nitrogens with zero attached hydrogens (tertiary/aromatic N) is 1. The lowest BCUT2D eigenvalue weighted by Crippen LogP contribution is -2.59. The molecule has 236 valence electrons. The predicted molar refractivity (Wildman–Crippen MR) is 214 cm³/mol. The summed E-state index contributed by atoms with van der Waals surface area (Å²) < 4.78 is 0. The van der Waals surface area contributed by atoms with Gasteiger partial charge in [0.05, 0.1) is 5.41 Å². The van der Waals surface area contributed by atoms with Gasteiger partial charge < -0.3 is 4.90 Å². The van der Waals surface area contributed by atoms with E-state index >= 15 is 0 Å². The third kappa shape index (κ3) is 3.88. The largest absolute Gasteiger partial charge is 0.311 e. The first-order chi connectivity index (χ1) is 25.3. The van der Waals surface area contributed by atoms with Gasteiger partial charge in [0, 0.05) is 17.1 Å². The molecule has 0 radical (unpaired) electrons. The van der Waals surface area contributed by atoms with Crippen LogP contribution in [0.4, 0.5) is 17.1 Å². The van der Waals surface area contributed by atoms with Gasteiger partial charge in [0.15, 0.2) is 0 Å². The van der Waals surface area contributed by atoms with E-state index in [-0.39, 0.29) is 12.1 Å². The molecule has 8 aromatic rings. The second kappa shape index (κ2) is 10.8. The summed E-state index contributed by atoms with van der Waals surface area (Å²) in [5.41, 5.74) is 20.8. The van der Waals surface area contributed by atoms with Crippen LogP contribution in [0.5, 0.6) is 0 Å². The van der Waals surface area contributed by atoms with Gasteiger partial charge in [-0.05, 0) is 92.0 Å². The number of anilines is 3. The fourth-order valence-electron chi connectivity index (χ4n) is 9.60. The van der Waals surface area contributed by atoms with Crippen molar-refractivity contribution in [3.05, 3.63) is 216 Å². The Morgan fingerprint density at radius 1 is 0.333 bits per heavy atom. The predicted octanol–water partition coefficient (Wildman–Crippen LogP) is 10.00. The molecule has 1 nitrogen and oxygen atoms in total. The van der Waals surface area contributed by atoms with Crippen LogP contribution in [0.25, 0.3) is 33.4 Å². The number of hydrogen-bond acceptors (Lipinski definition) is 1. The minimum absolute atomic E-state index is 0.179. The van der Waals surface area contributed by atoms with Gasteiger partial charge in [-0.15, -0.1) is 0 Å². The van der Waals surface area contributed by atoms with Gasteiger partial charge >= 0.3 is 0 Å². The molecule has 2 heteroatoms. The van der Waals surface area contributed by atoms with Crippen molar-refractivity contribution in [2.75, 3.05) is 4.90 Å². The van der Waals surface area contributed by atoms with Crippen LogP contribution in [0.1, 0.15) is 22.3 Å². The molecule has 0 unspecified atom stereocenters.